The van der Waals surface area contributed by atoms with Crippen LogP contribution in [0.2, 0.25) is 0 Å². The van der Waals surface area contributed by atoms with E-state index in [0.29, 0.717) is 17.9 Å². The number of nitrogens with two attached hydrogens (primary N) is 1. The first-order valence-corrected chi connectivity index (χ1v) is 6.73. The molecule has 0 atom stereocenters. The van der Waals surface area contributed by atoms with Gasteiger partial charge in [-0.15, -0.1) is 0 Å². The van der Waals surface area contributed by atoms with Gasteiger partial charge in [-0.25, -0.2) is 0 Å². The molecule has 1 aliphatic rings. The number of hydrogen-bond acceptors (Lipinski definition) is 3. The molecule has 3 nitrogen and oxygen atoms in total. The van der Waals surface area contributed by atoms with Crippen molar-refractivity contribution in [3.8, 4) is 5.75 Å². The van der Waals surface area contributed by atoms with E-state index < -0.39 is 0 Å². The first-order chi connectivity index (χ1) is 10.2. The van der Waals surface area contributed by atoms with Crippen molar-refractivity contribution in [3.63, 3.8) is 0 Å². The molecule has 0 aromatic heterocycles. The molecular weight excluding hydrogens is 262 g/mol. The van der Waals surface area contributed by atoms with E-state index in [4.69, 9.17) is 10.5 Å². The summed E-state index contributed by atoms with van der Waals surface area (Å²) in [5.74, 6) is 0.828. The van der Waals surface area contributed by atoms with Crippen LogP contribution in [0, 0.1) is 0 Å². The van der Waals surface area contributed by atoms with Crippen molar-refractivity contribution in [1.29, 1.82) is 0 Å². The summed E-state index contributed by atoms with van der Waals surface area (Å²) in [6.45, 7) is 0.475. The lowest BCUT2D eigenvalue weighted by Gasteiger charge is -2.15. The van der Waals surface area contributed by atoms with Gasteiger partial charge in [-0.05, 0) is 48.1 Å². The standard InChI is InChI=1S/C18H15NO2/c19-16-8-6-14(7-9-16)17(20)10-5-13-11-15-3-1-2-4-18(15)21-12-13/h1-11H,12,19H2/b10-5+. The average molecular weight is 277 g/mol. The summed E-state index contributed by atoms with van der Waals surface area (Å²) in [5, 5.41) is 0. The van der Waals surface area contributed by atoms with Crippen LogP contribution in [0.1, 0.15) is 15.9 Å². The Labute approximate surface area is 123 Å². The van der Waals surface area contributed by atoms with Crippen LogP contribution in [-0.2, 0) is 0 Å². The van der Waals surface area contributed by atoms with Gasteiger partial charge in [0.05, 0.1) is 0 Å². The Balaban J connectivity index is 1.76. The minimum Gasteiger partial charge on any atom is -0.488 e. The van der Waals surface area contributed by atoms with Crippen LogP contribution in [0.5, 0.6) is 5.75 Å². The van der Waals surface area contributed by atoms with E-state index in [9.17, 15) is 4.79 Å². The van der Waals surface area contributed by atoms with Crippen LogP contribution in [0.4, 0.5) is 5.69 Å². The predicted molar refractivity (Wildman–Crippen MR) is 84.2 cm³/mol. The molecule has 0 saturated carbocycles. The van der Waals surface area contributed by atoms with Crippen molar-refractivity contribution in [2.24, 2.45) is 0 Å². The summed E-state index contributed by atoms with van der Waals surface area (Å²) in [4.78, 5) is 12.0. The molecule has 2 aromatic carbocycles. The zero-order chi connectivity index (χ0) is 14.7. The number of anilines is 1. The lowest BCUT2D eigenvalue weighted by atomic mass is 10.1. The quantitative estimate of drug-likeness (QED) is 0.531. The van der Waals surface area contributed by atoms with Crippen LogP contribution in [0.3, 0.4) is 0 Å². The van der Waals surface area contributed by atoms with Gasteiger partial charge in [0.1, 0.15) is 12.4 Å². The van der Waals surface area contributed by atoms with Crippen LogP contribution in [-0.4, -0.2) is 12.4 Å². The molecule has 3 rings (SSSR count). The minimum atomic E-state index is -0.0465. The highest BCUT2D eigenvalue weighted by molar-refractivity contribution is 6.05. The topological polar surface area (TPSA) is 52.3 Å². The van der Waals surface area contributed by atoms with E-state index >= 15 is 0 Å². The second-order valence-corrected chi connectivity index (χ2v) is 4.87. The smallest absolute Gasteiger partial charge is 0.185 e. The highest BCUT2D eigenvalue weighted by atomic mass is 16.5. The number of ketones is 1. The van der Waals surface area contributed by atoms with E-state index in [0.717, 1.165) is 16.9 Å². The summed E-state index contributed by atoms with van der Waals surface area (Å²) in [6, 6.07) is 14.7. The molecule has 0 fully saturated rings. The van der Waals surface area contributed by atoms with Gasteiger partial charge < -0.3 is 10.5 Å². The second-order valence-electron chi connectivity index (χ2n) is 4.87. The average Bonchev–Trinajstić information content (AvgIpc) is 2.53. The Morgan fingerprint density at radius 1 is 1.10 bits per heavy atom. The number of allylic oxidation sites excluding steroid dienone is 1. The summed E-state index contributed by atoms with van der Waals surface area (Å²) < 4.78 is 5.64. The number of carbonyl (C=O) groups is 1. The van der Waals surface area contributed by atoms with E-state index in [-0.39, 0.29) is 5.78 Å². The Morgan fingerprint density at radius 3 is 2.67 bits per heavy atom. The predicted octanol–water partition coefficient (Wildman–Crippen LogP) is 3.48. The van der Waals surface area contributed by atoms with Gasteiger partial charge in [0, 0.05) is 16.8 Å². The molecule has 2 N–H and O–H groups in total. The summed E-state index contributed by atoms with van der Waals surface area (Å²) in [6.07, 6.45) is 5.40. The fourth-order valence-corrected chi connectivity index (χ4v) is 2.16. The van der Waals surface area contributed by atoms with Crippen molar-refractivity contribution >= 4 is 17.5 Å². The highest BCUT2D eigenvalue weighted by Crippen LogP contribution is 2.26. The van der Waals surface area contributed by atoms with Crippen molar-refractivity contribution in [2.45, 2.75) is 0 Å². The second kappa shape index (κ2) is 5.67. The number of hydrogen-bond donors (Lipinski definition) is 1. The Morgan fingerprint density at radius 2 is 1.86 bits per heavy atom. The van der Waals surface area contributed by atoms with Crippen LogP contribution >= 0.6 is 0 Å². The van der Waals surface area contributed by atoms with E-state index in [2.05, 4.69) is 0 Å². The largest absolute Gasteiger partial charge is 0.488 e. The Hall–Kier alpha value is -2.81. The van der Waals surface area contributed by atoms with E-state index in [1.54, 1.807) is 36.4 Å². The summed E-state index contributed by atoms with van der Waals surface area (Å²) in [5.41, 5.74) is 8.88. The van der Waals surface area contributed by atoms with Gasteiger partial charge in [0.25, 0.3) is 0 Å². The molecule has 0 unspecified atom stereocenters. The van der Waals surface area contributed by atoms with Crippen molar-refractivity contribution in [1.82, 2.24) is 0 Å². The van der Waals surface area contributed by atoms with Gasteiger partial charge in [-0.3, -0.25) is 4.79 Å². The zero-order valence-electron chi connectivity index (χ0n) is 11.5. The van der Waals surface area contributed by atoms with Crippen LogP contribution in [0.25, 0.3) is 6.08 Å². The lowest BCUT2D eigenvalue weighted by Crippen LogP contribution is -2.06. The number of fused-ring (bicyclic) bond motifs is 1. The molecule has 1 aliphatic heterocycles. The Bertz CT molecular complexity index is 727. The monoisotopic (exact) mass is 277 g/mol. The Kier molecular flexibility index (Phi) is 3.56. The molecule has 0 bridgehead atoms. The molecule has 0 saturated heterocycles. The molecule has 0 radical (unpaired) electrons. The molecule has 104 valence electrons. The molecule has 21 heavy (non-hydrogen) atoms. The van der Waals surface area contributed by atoms with Crippen LogP contribution < -0.4 is 10.5 Å². The minimum absolute atomic E-state index is 0.0465. The maximum atomic E-state index is 12.0. The zero-order valence-corrected chi connectivity index (χ0v) is 11.5. The third-order valence-corrected chi connectivity index (χ3v) is 3.30. The van der Waals surface area contributed by atoms with Crippen molar-refractivity contribution < 1.29 is 9.53 Å². The number of rotatable bonds is 3. The molecule has 3 heteroatoms. The fraction of sp³-hybridized carbons (Fsp3) is 0.0556. The van der Waals surface area contributed by atoms with Crippen molar-refractivity contribution in [2.75, 3.05) is 12.3 Å². The highest BCUT2D eigenvalue weighted by Gasteiger charge is 2.09. The molecule has 0 amide bonds. The maximum Gasteiger partial charge on any atom is 0.185 e. The summed E-state index contributed by atoms with van der Waals surface area (Å²) in [7, 11) is 0. The van der Waals surface area contributed by atoms with Crippen LogP contribution in [0.15, 0.2) is 66.3 Å². The van der Waals surface area contributed by atoms with Gasteiger partial charge in [-0.2, -0.15) is 0 Å². The fourth-order valence-electron chi connectivity index (χ4n) is 2.16. The summed E-state index contributed by atoms with van der Waals surface area (Å²) >= 11 is 0. The molecule has 0 aliphatic carbocycles. The van der Waals surface area contributed by atoms with Gasteiger partial charge in [0.15, 0.2) is 5.78 Å². The third-order valence-electron chi connectivity index (χ3n) is 3.30. The third kappa shape index (κ3) is 3.03. The molecular formula is C18H15NO2. The first kappa shape index (κ1) is 13.2. The number of para-hydroxylation sites is 1. The number of ether oxygens (including phenoxy) is 1. The van der Waals surface area contributed by atoms with Crippen molar-refractivity contribution in [3.05, 3.63) is 77.4 Å². The maximum absolute atomic E-state index is 12.0. The number of nitrogen functional groups attached to an aromatic ring is 1. The number of benzene rings is 2. The first-order valence-electron chi connectivity index (χ1n) is 6.73. The molecule has 1 heterocycles. The molecule has 0 spiro atoms. The number of carbonyl (C=O) groups excluding carboxylic acids is 1. The molecule has 2 aromatic rings. The normalized spacial score (nSPS) is 13.4. The van der Waals surface area contributed by atoms with E-state index in [1.165, 1.54) is 0 Å². The van der Waals surface area contributed by atoms with Gasteiger partial charge >= 0.3 is 0 Å². The van der Waals surface area contributed by atoms with E-state index in [1.807, 2.05) is 30.3 Å². The lowest BCUT2D eigenvalue weighted by molar-refractivity contribution is 0.104. The van der Waals surface area contributed by atoms with Gasteiger partial charge in [-0.1, -0.05) is 24.3 Å². The SMILES string of the molecule is Nc1ccc(C(=O)/C=C/C2=Cc3ccccc3OC2)cc1. The van der Waals surface area contributed by atoms with Gasteiger partial charge in [0.2, 0.25) is 0 Å².